The number of carbonyl (C=O) groups is 1. The lowest BCUT2D eigenvalue weighted by Crippen LogP contribution is -2.38. The average Bonchev–Trinajstić information content (AvgIpc) is 2.46. The Bertz CT molecular complexity index is 385. The van der Waals surface area contributed by atoms with Crippen molar-refractivity contribution in [3.05, 3.63) is 29.8 Å². The van der Waals surface area contributed by atoms with Crippen LogP contribution in [-0.2, 0) is 4.74 Å². The molecule has 0 aromatic heterocycles. The van der Waals surface area contributed by atoms with Gasteiger partial charge in [-0.05, 0) is 37.1 Å². The van der Waals surface area contributed by atoms with Crippen molar-refractivity contribution in [3.8, 4) is 5.75 Å². The van der Waals surface area contributed by atoms with Crippen LogP contribution in [0.2, 0.25) is 0 Å². The molecule has 0 aliphatic carbocycles. The molecule has 0 aliphatic heterocycles. The molecule has 0 aliphatic rings. The standard InChI is InChI=1S/C15H23NO4/c1-3-10-20-14-6-4-12(5-7-14)15(18)16-13(8-9-17)11-19-2/h4-7,13,17H,3,8-11H2,1-2H3,(H,16,18). The van der Waals surface area contributed by atoms with E-state index in [1.54, 1.807) is 31.4 Å². The predicted molar refractivity (Wildman–Crippen MR) is 77.1 cm³/mol. The van der Waals surface area contributed by atoms with E-state index in [9.17, 15) is 4.79 Å². The normalized spacial score (nSPS) is 11.9. The van der Waals surface area contributed by atoms with E-state index >= 15 is 0 Å². The lowest BCUT2D eigenvalue weighted by Gasteiger charge is -2.17. The number of methoxy groups -OCH3 is 1. The molecule has 1 atom stereocenters. The zero-order valence-corrected chi connectivity index (χ0v) is 12.1. The summed E-state index contributed by atoms with van der Waals surface area (Å²) in [6, 6.07) is 6.82. The number of hydrogen-bond acceptors (Lipinski definition) is 4. The van der Waals surface area contributed by atoms with Gasteiger partial charge in [0.25, 0.3) is 5.91 Å². The smallest absolute Gasteiger partial charge is 0.251 e. The molecular weight excluding hydrogens is 258 g/mol. The summed E-state index contributed by atoms with van der Waals surface area (Å²) in [7, 11) is 1.57. The molecule has 0 spiro atoms. The Morgan fingerprint density at radius 2 is 2.05 bits per heavy atom. The minimum Gasteiger partial charge on any atom is -0.494 e. The first kappa shape index (κ1) is 16.5. The van der Waals surface area contributed by atoms with Crippen LogP contribution >= 0.6 is 0 Å². The van der Waals surface area contributed by atoms with Gasteiger partial charge in [0.2, 0.25) is 0 Å². The first-order valence-corrected chi connectivity index (χ1v) is 6.84. The van der Waals surface area contributed by atoms with Crippen LogP contribution in [0.4, 0.5) is 0 Å². The van der Waals surface area contributed by atoms with Crippen LogP contribution in [0.1, 0.15) is 30.1 Å². The average molecular weight is 281 g/mol. The maximum absolute atomic E-state index is 12.0. The molecule has 0 fully saturated rings. The molecule has 0 radical (unpaired) electrons. The molecular formula is C15H23NO4. The third-order valence-electron chi connectivity index (χ3n) is 2.77. The predicted octanol–water partition coefficient (Wildman–Crippen LogP) is 1.60. The van der Waals surface area contributed by atoms with Gasteiger partial charge < -0.3 is 19.9 Å². The number of carbonyl (C=O) groups excluding carboxylic acids is 1. The molecule has 5 heteroatoms. The molecule has 0 saturated carbocycles. The molecule has 1 aromatic rings. The first-order chi connectivity index (χ1) is 9.71. The monoisotopic (exact) mass is 281 g/mol. The summed E-state index contributed by atoms with van der Waals surface area (Å²) in [4.78, 5) is 12.0. The van der Waals surface area contributed by atoms with E-state index in [4.69, 9.17) is 14.6 Å². The summed E-state index contributed by atoms with van der Waals surface area (Å²) in [6.07, 6.45) is 1.42. The molecule has 0 bridgehead atoms. The summed E-state index contributed by atoms with van der Waals surface area (Å²) in [5.74, 6) is 0.578. The molecule has 112 valence electrons. The van der Waals surface area contributed by atoms with Crippen LogP contribution < -0.4 is 10.1 Å². The third kappa shape index (κ3) is 5.59. The van der Waals surface area contributed by atoms with Gasteiger partial charge >= 0.3 is 0 Å². The van der Waals surface area contributed by atoms with Crippen molar-refractivity contribution < 1.29 is 19.4 Å². The quantitative estimate of drug-likeness (QED) is 0.721. The molecule has 20 heavy (non-hydrogen) atoms. The lowest BCUT2D eigenvalue weighted by atomic mass is 10.1. The molecule has 1 amide bonds. The van der Waals surface area contributed by atoms with Crippen molar-refractivity contribution in [2.75, 3.05) is 26.9 Å². The van der Waals surface area contributed by atoms with E-state index in [2.05, 4.69) is 5.32 Å². The van der Waals surface area contributed by atoms with E-state index in [0.717, 1.165) is 12.2 Å². The van der Waals surface area contributed by atoms with E-state index < -0.39 is 0 Å². The van der Waals surface area contributed by atoms with E-state index in [0.29, 0.717) is 25.2 Å². The van der Waals surface area contributed by atoms with Gasteiger partial charge in [-0.15, -0.1) is 0 Å². The van der Waals surface area contributed by atoms with Gasteiger partial charge in [-0.2, -0.15) is 0 Å². The topological polar surface area (TPSA) is 67.8 Å². The highest BCUT2D eigenvalue weighted by Crippen LogP contribution is 2.12. The second kappa shape index (κ2) is 9.34. The zero-order chi connectivity index (χ0) is 14.8. The summed E-state index contributed by atoms with van der Waals surface area (Å²) in [5.41, 5.74) is 0.563. The van der Waals surface area contributed by atoms with Crippen molar-refractivity contribution in [2.45, 2.75) is 25.8 Å². The summed E-state index contributed by atoms with van der Waals surface area (Å²) >= 11 is 0. The highest BCUT2D eigenvalue weighted by molar-refractivity contribution is 5.94. The summed E-state index contributed by atoms with van der Waals surface area (Å²) in [6.45, 7) is 3.10. The Kier molecular flexibility index (Phi) is 7.69. The third-order valence-corrected chi connectivity index (χ3v) is 2.77. The van der Waals surface area contributed by atoms with Crippen molar-refractivity contribution in [3.63, 3.8) is 0 Å². The van der Waals surface area contributed by atoms with Gasteiger partial charge in [0.1, 0.15) is 5.75 Å². The van der Waals surface area contributed by atoms with E-state index in [1.807, 2.05) is 6.92 Å². The van der Waals surface area contributed by atoms with Crippen molar-refractivity contribution >= 4 is 5.91 Å². The van der Waals surface area contributed by atoms with E-state index in [1.165, 1.54) is 0 Å². The van der Waals surface area contributed by atoms with Gasteiger partial charge in [-0.3, -0.25) is 4.79 Å². The molecule has 1 unspecified atom stereocenters. The second-order valence-corrected chi connectivity index (χ2v) is 4.51. The summed E-state index contributed by atoms with van der Waals surface area (Å²) < 4.78 is 10.5. The fourth-order valence-corrected chi connectivity index (χ4v) is 1.75. The van der Waals surface area contributed by atoms with Crippen molar-refractivity contribution in [2.24, 2.45) is 0 Å². The minimum atomic E-state index is -0.187. The number of aliphatic hydroxyl groups is 1. The zero-order valence-electron chi connectivity index (χ0n) is 12.1. The summed E-state index contributed by atoms with van der Waals surface area (Å²) in [5, 5.41) is 11.8. The van der Waals surface area contributed by atoms with Crippen LogP contribution in [0.15, 0.2) is 24.3 Å². The molecule has 5 nitrogen and oxygen atoms in total. The Morgan fingerprint density at radius 1 is 1.35 bits per heavy atom. The van der Waals surface area contributed by atoms with Gasteiger partial charge in [-0.25, -0.2) is 0 Å². The number of benzene rings is 1. The molecule has 0 saturated heterocycles. The van der Waals surface area contributed by atoms with Crippen LogP contribution in [0.3, 0.4) is 0 Å². The fraction of sp³-hybridized carbons (Fsp3) is 0.533. The Labute approximate surface area is 119 Å². The van der Waals surface area contributed by atoms with Gasteiger partial charge in [0.05, 0.1) is 19.3 Å². The number of aliphatic hydroxyl groups excluding tert-OH is 1. The Morgan fingerprint density at radius 3 is 2.60 bits per heavy atom. The van der Waals surface area contributed by atoms with Crippen LogP contribution in [0, 0.1) is 0 Å². The lowest BCUT2D eigenvalue weighted by molar-refractivity contribution is 0.0878. The molecule has 1 aromatic carbocycles. The number of amides is 1. The first-order valence-electron chi connectivity index (χ1n) is 6.84. The van der Waals surface area contributed by atoms with Crippen LogP contribution in [-0.4, -0.2) is 44.0 Å². The van der Waals surface area contributed by atoms with E-state index in [-0.39, 0.29) is 18.6 Å². The molecule has 2 N–H and O–H groups in total. The van der Waals surface area contributed by atoms with Crippen molar-refractivity contribution in [1.29, 1.82) is 0 Å². The van der Waals surface area contributed by atoms with Gasteiger partial charge in [0, 0.05) is 19.3 Å². The number of rotatable bonds is 9. The fourth-order valence-electron chi connectivity index (χ4n) is 1.75. The Hall–Kier alpha value is -1.59. The molecule has 0 heterocycles. The minimum absolute atomic E-state index is 0.0120. The highest BCUT2D eigenvalue weighted by Gasteiger charge is 2.13. The second-order valence-electron chi connectivity index (χ2n) is 4.51. The maximum atomic E-state index is 12.0. The van der Waals surface area contributed by atoms with Gasteiger partial charge in [0.15, 0.2) is 0 Å². The molecule has 1 rings (SSSR count). The van der Waals surface area contributed by atoms with Crippen LogP contribution in [0.5, 0.6) is 5.75 Å². The Balaban J connectivity index is 2.57. The number of hydrogen-bond donors (Lipinski definition) is 2. The highest BCUT2D eigenvalue weighted by atomic mass is 16.5. The number of ether oxygens (including phenoxy) is 2. The van der Waals surface area contributed by atoms with Crippen molar-refractivity contribution in [1.82, 2.24) is 5.32 Å². The largest absolute Gasteiger partial charge is 0.494 e. The van der Waals surface area contributed by atoms with Gasteiger partial charge in [-0.1, -0.05) is 6.92 Å². The SMILES string of the molecule is CCCOc1ccc(C(=O)NC(CCO)COC)cc1. The van der Waals surface area contributed by atoms with Crippen LogP contribution in [0.25, 0.3) is 0 Å². The maximum Gasteiger partial charge on any atom is 0.251 e. The number of nitrogens with one attached hydrogen (secondary N) is 1.